The van der Waals surface area contributed by atoms with Crippen LogP contribution < -0.4 is 39.0 Å². The van der Waals surface area contributed by atoms with E-state index in [0.29, 0.717) is 41.4 Å². The van der Waals surface area contributed by atoms with Gasteiger partial charge in [0.25, 0.3) is 0 Å². The SMILES string of the molecule is CCCCOc1ccc(Oc2ccc(-c3ccccc3C(O)C#CCOCCCCCCCO)cc2S(=O)(=O)[O-])cc1.[Na+]. The molecule has 8 nitrogen and oxygen atoms in total. The maximum atomic E-state index is 12.2. The molecule has 10 heteroatoms. The Morgan fingerprint density at radius 1 is 0.884 bits per heavy atom. The maximum absolute atomic E-state index is 12.2. The van der Waals surface area contributed by atoms with Gasteiger partial charge in [-0.25, -0.2) is 8.42 Å². The Kier molecular flexibility index (Phi) is 16.9. The summed E-state index contributed by atoms with van der Waals surface area (Å²) in [6.45, 7) is 3.64. The molecule has 0 saturated heterocycles. The smallest absolute Gasteiger partial charge is 0.744 e. The normalized spacial score (nSPS) is 11.6. The topological polar surface area (TPSA) is 125 Å². The first-order valence-corrected chi connectivity index (χ1v) is 15.7. The van der Waals surface area contributed by atoms with Gasteiger partial charge in [0.15, 0.2) is 0 Å². The molecular formula is C33H39NaO8S. The van der Waals surface area contributed by atoms with Crippen LogP contribution in [-0.4, -0.2) is 49.6 Å². The Hall–Kier alpha value is -2.39. The molecule has 0 amide bonds. The molecular weight excluding hydrogens is 579 g/mol. The van der Waals surface area contributed by atoms with Crippen molar-refractivity contribution in [3.05, 3.63) is 72.3 Å². The molecule has 0 aliphatic rings. The molecule has 3 aromatic rings. The fourth-order valence-electron chi connectivity index (χ4n) is 4.20. The van der Waals surface area contributed by atoms with Crippen LogP contribution in [0.4, 0.5) is 0 Å². The van der Waals surface area contributed by atoms with Crippen LogP contribution in [0.25, 0.3) is 11.1 Å². The van der Waals surface area contributed by atoms with E-state index in [1.54, 1.807) is 54.6 Å². The minimum absolute atomic E-state index is 0. The third-order valence-electron chi connectivity index (χ3n) is 6.46. The minimum atomic E-state index is -4.89. The van der Waals surface area contributed by atoms with Gasteiger partial charge in [-0.2, -0.15) is 0 Å². The standard InChI is InChI=1S/C33H40O8S.Na/c1-2-3-24-40-27-16-18-28(19-17-27)41-32-20-15-26(25-33(32)42(36,37)38)29-12-7-8-13-30(29)31(35)14-11-23-39-22-10-6-4-5-9-21-34;/h7-8,12-13,15-20,25,31,34-35H,2-6,9-10,21-24H2,1H3,(H,36,37,38);/q;+1/p-1. The van der Waals surface area contributed by atoms with Crippen molar-refractivity contribution in [2.24, 2.45) is 0 Å². The molecule has 0 saturated carbocycles. The molecule has 0 heterocycles. The Morgan fingerprint density at radius 3 is 2.30 bits per heavy atom. The van der Waals surface area contributed by atoms with Crippen molar-refractivity contribution in [2.45, 2.75) is 62.9 Å². The van der Waals surface area contributed by atoms with Crippen molar-refractivity contribution in [1.29, 1.82) is 0 Å². The molecule has 0 radical (unpaired) electrons. The van der Waals surface area contributed by atoms with Crippen LogP contribution in [-0.2, 0) is 14.9 Å². The molecule has 3 rings (SSSR count). The van der Waals surface area contributed by atoms with Crippen molar-refractivity contribution >= 4 is 10.1 Å². The van der Waals surface area contributed by atoms with E-state index < -0.39 is 21.1 Å². The zero-order chi connectivity index (χ0) is 30.2. The third-order valence-corrected chi connectivity index (χ3v) is 7.32. The molecule has 0 aromatic heterocycles. The van der Waals surface area contributed by atoms with Crippen LogP contribution in [0.3, 0.4) is 0 Å². The molecule has 226 valence electrons. The summed E-state index contributed by atoms with van der Waals surface area (Å²) in [4.78, 5) is -0.511. The van der Waals surface area contributed by atoms with Gasteiger partial charge in [-0.15, -0.1) is 0 Å². The molecule has 0 aliphatic carbocycles. The monoisotopic (exact) mass is 618 g/mol. The third kappa shape index (κ3) is 12.6. The van der Waals surface area contributed by atoms with Gasteiger partial charge in [-0.05, 0) is 66.8 Å². The molecule has 0 bridgehead atoms. The predicted molar refractivity (Wildman–Crippen MR) is 160 cm³/mol. The van der Waals surface area contributed by atoms with Gasteiger partial charge in [-0.1, -0.05) is 74.8 Å². The van der Waals surface area contributed by atoms with E-state index in [9.17, 15) is 18.1 Å². The summed E-state index contributed by atoms with van der Waals surface area (Å²) in [6, 6.07) is 18.0. The Morgan fingerprint density at radius 2 is 1.58 bits per heavy atom. The summed E-state index contributed by atoms with van der Waals surface area (Å²) in [5, 5.41) is 19.6. The fourth-order valence-corrected chi connectivity index (χ4v) is 4.83. The number of benzene rings is 3. The molecule has 0 aliphatic heterocycles. The zero-order valence-corrected chi connectivity index (χ0v) is 27.8. The number of unbranched alkanes of at least 4 members (excludes halogenated alkanes) is 5. The molecule has 0 fully saturated rings. The summed E-state index contributed by atoms with van der Waals surface area (Å²) < 4.78 is 53.6. The first-order chi connectivity index (χ1) is 20.3. The second-order valence-electron chi connectivity index (χ2n) is 9.75. The Bertz CT molecular complexity index is 1410. The van der Waals surface area contributed by atoms with E-state index in [0.717, 1.165) is 44.9 Å². The number of ether oxygens (including phenoxy) is 3. The summed E-state index contributed by atoms with van der Waals surface area (Å²) in [5.74, 6) is 6.53. The van der Waals surface area contributed by atoms with Crippen LogP contribution in [0.2, 0.25) is 0 Å². The van der Waals surface area contributed by atoms with Crippen LogP contribution in [0.1, 0.15) is 63.5 Å². The Balaban J connectivity index is 0.00000645. The number of aliphatic hydroxyl groups is 2. The van der Waals surface area contributed by atoms with Crippen molar-refractivity contribution in [1.82, 2.24) is 0 Å². The maximum Gasteiger partial charge on any atom is 1.00 e. The van der Waals surface area contributed by atoms with Crippen LogP contribution in [0.15, 0.2) is 71.6 Å². The number of hydrogen-bond acceptors (Lipinski definition) is 8. The predicted octanol–water partition coefficient (Wildman–Crippen LogP) is 3.23. The molecule has 3 aromatic carbocycles. The van der Waals surface area contributed by atoms with E-state index in [1.807, 2.05) is 0 Å². The summed E-state index contributed by atoms with van der Waals surface area (Å²) in [7, 11) is -4.89. The van der Waals surface area contributed by atoms with E-state index >= 15 is 0 Å². The van der Waals surface area contributed by atoms with Crippen molar-refractivity contribution in [3.63, 3.8) is 0 Å². The Labute approximate surface area is 277 Å². The fraction of sp³-hybridized carbons (Fsp3) is 0.394. The second-order valence-corrected chi connectivity index (χ2v) is 11.1. The first kappa shape index (κ1) is 36.8. The summed E-state index contributed by atoms with van der Waals surface area (Å²) in [6.07, 6.45) is 5.61. The quantitative estimate of drug-likeness (QED) is 0.102. The molecule has 2 N–H and O–H groups in total. The van der Waals surface area contributed by atoms with E-state index in [4.69, 9.17) is 19.3 Å². The van der Waals surface area contributed by atoms with E-state index in [-0.39, 0.29) is 48.5 Å². The van der Waals surface area contributed by atoms with Crippen LogP contribution >= 0.6 is 0 Å². The molecule has 1 unspecified atom stereocenters. The molecule has 1 atom stereocenters. The van der Waals surface area contributed by atoms with E-state index in [1.165, 1.54) is 12.1 Å². The van der Waals surface area contributed by atoms with Gasteiger partial charge in [0, 0.05) is 18.8 Å². The van der Waals surface area contributed by atoms with Gasteiger partial charge in [0.05, 0.1) is 11.5 Å². The minimum Gasteiger partial charge on any atom is -0.744 e. The summed E-state index contributed by atoms with van der Waals surface area (Å²) >= 11 is 0. The van der Waals surface area contributed by atoms with Crippen molar-refractivity contribution < 1.29 is 67.0 Å². The van der Waals surface area contributed by atoms with Crippen LogP contribution in [0, 0.1) is 11.8 Å². The zero-order valence-electron chi connectivity index (χ0n) is 25.0. The molecule has 43 heavy (non-hydrogen) atoms. The van der Waals surface area contributed by atoms with Gasteiger partial charge in [-0.3, -0.25) is 0 Å². The number of aliphatic hydroxyl groups excluding tert-OH is 2. The number of hydrogen-bond donors (Lipinski definition) is 2. The largest absolute Gasteiger partial charge is 1.00 e. The van der Waals surface area contributed by atoms with Gasteiger partial charge in [0.2, 0.25) is 0 Å². The summed E-state index contributed by atoms with van der Waals surface area (Å²) in [5.41, 5.74) is 1.42. The first-order valence-electron chi connectivity index (χ1n) is 14.3. The average Bonchev–Trinajstić information content (AvgIpc) is 2.98. The average molecular weight is 619 g/mol. The number of rotatable bonds is 17. The van der Waals surface area contributed by atoms with Crippen molar-refractivity contribution in [3.8, 4) is 40.2 Å². The second kappa shape index (κ2) is 19.8. The van der Waals surface area contributed by atoms with Crippen LogP contribution in [0.5, 0.6) is 17.2 Å². The van der Waals surface area contributed by atoms with Gasteiger partial charge >= 0.3 is 29.6 Å². The van der Waals surface area contributed by atoms with Crippen molar-refractivity contribution in [2.75, 3.05) is 26.4 Å². The van der Waals surface area contributed by atoms with Gasteiger partial charge in [0.1, 0.15) is 40.1 Å². The molecule has 0 spiro atoms. The van der Waals surface area contributed by atoms with E-state index in [2.05, 4.69) is 18.8 Å². The van der Waals surface area contributed by atoms with Gasteiger partial charge < -0.3 is 29.0 Å².